The molecule has 220 valence electrons. The van der Waals surface area contributed by atoms with E-state index in [1.54, 1.807) is 48.2 Å². The summed E-state index contributed by atoms with van der Waals surface area (Å²) in [5.74, 6) is -6.43. The van der Waals surface area contributed by atoms with Crippen molar-refractivity contribution in [1.82, 2.24) is 20.1 Å². The van der Waals surface area contributed by atoms with Crippen LogP contribution in [0.3, 0.4) is 0 Å². The molecule has 41 heavy (non-hydrogen) atoms. The van der Waals surface area contributed by atoms with Crippen LogP contribution in [-0.4, -0.2) is 89.0 Å². The molecule has 4 heterocycles. The predicted molar refractivity (Wildman–Crippen MR) is 146 cm³/mol. The number of thiazole rings is 1. The Hall–Kier alpha value is -3.29. The Kier molecular flexibility index (Phi) is 8.22. The number of amidine groups is 1. The summed E-state index contributed by atoms with van der Waals surface area (Å²) in [7, 11) is 0. The number of aliphatic carboxylic acids is 1. The number of rotatable bonds is 9. The molecule has 13 heteroatoms. The van der Waals surface area contributed by atoms with Gasteiger partial charge in [0.05, 0.1) is 30.6 Å². The monoisotopic (exact) mass is 591 g/mol. The third kappa shape index (κ3) is 5.75. The maximum atomic E-state index is 15.3. The Morgan fingerprint density at radius 2 is 2.10 bits per heavy atom. The van der Waals surface area contributed by atoms with Crippen molar-refractivity contribution in [2.24, 2.45) is 16.8 Å². The fourth-order valence-electron chi connectivity index (χ4n) is 5.91. The maximum absolute atomic E-state index is 15.3. The van der Waals surface area contributed by atoms with Crippen molar-refractivity contribution in [3.05, 3.63) is 63.0 Å². The van der Waals surface area contributed by atoms with Crippen LogP contribution in [0.4, 0.5) is 13.2 Å². The molecule has 0 aliphatic carbocycles. The summed E-state index contributed by atoms with van der Waals surface area (Å²) in [6.45, 7) is 4.88. The molecule has 2 N–H and O–H groups in total. The summed E-state index contributed by atoms with van der Waals surface area (Å²) in [5.41, 5.74) is 1.24. The summed E-state index contributed by atoms with van der Waals surface area (Å²) >= 11 is 1.32. The van der Waals surface area contributed by atoms with Crippen LogP contribution < -0.4 is 5.32 Å². The summed E-state index contributed by atoms with van der Waals surface area (Å²) in [4.78, 5) is 37.3. The van der Waals surface area contributed by atoms with Gasteiger partial charge in [-0.3, -0.25) is 14.7 Å². The molecular weight excluding hydrogens is 559 g/mol. The summed E-state index contributed by atoms with van der Waals surface area (Å²) in [6, 6.07) is 3.05. The zero-order chi connectivity index (χ0) is 29.5. The van der Waals surface area contributed by atoms with Crippen LogP contribution in [0.15, 0.2) is 46.0 Å². The van der Waals surface area contributed by atoms with E-state index in [-0.39, 0.29) is 38.4 Å². The van der Waals surface area contributed by atoms with E-state index in [4.69, 9.17) is 9.73 Å². The van der Waals surface area contributed by atoms with Gasteiger partial charge in [0, 0.05) is 49.5 Å². The molecule has 2 saturated heterocycles. The lowest BCUT2D eigenvalue weighted by molar-refractivity contribution is -0.142. The molecule has 0 bridgehead atoms. The van der Waals surface area contributed by atoms with Gasteiger partial charge in [-0.1, -0.05) is 19.1 Å². The standard InChI is InChI=1S/C28H32F3N5O4S/c1-4-40-27(39)22-20(12-36-14-28(30,31)18-11-35(13-21(18)36)10-15(2)26(37)38)33-24(25-32-8-9-41-25)34-23(22)17-6-5-7-19(29)16(17)3/h5-9,15,18,21,23H,4,10-14H2,1-3H3,(H,33,34)(H,37,38)/t15-,18+,21-,23+/m1/s1. The van der Waals surface area contributed by atoms with Crippen LogP contribution in [0, 0.1) is 24.6 Å². The molecular formula is C28H32F3N5O4S. The normalized spacial score (nSPS) is 25.0. The number of alkyl halides is 2. The average Bonchev–Trinajstić information content (AvgIpc) is 3.64. The minimum atomic E-state index is -3.00. The number of hydrogen-bond acceptors (Lipinski definition) is 9. The smallest absolute Gasteiger partial charge is 0.338 e. The SMILES string of the molecule is CCOC(=O)C1=C(CN2CC(F)(F)[C@H]3CN(C[C@@H](C)C(=O)O)C[C@H]32)NC(c2nccs2)=N[C@H]1c1cccc(F)c1C. The molecule has 3 aliphatic rings. The Labute approximate surface area is 239 Å². The van der Waals surface area contributed by atoms with Gasteiger partial charge >= 0.3 is 11.9 Å². The van der Waals surface area contributed by atoms with Gasteiger partial charge in [-0.15, -0.1) is 11.3 Å². The molecule has 0 radical (unpaired) electrons. The topological polar surface area (TPSA) is 107 Å². The number of hydrogen-bond donors (Lipinski definition) is 2. The maximum Gasteiger partial charge on any atom is 0.338 e. The first-order chi connectivity index (χ1) is 19.5. The van der Waals surface area contributed by atoms with Gasteiger partial charge in [0.1, 0.15) is 11.9 Å². The van der Waals surface area contributed by atoms with E-state index in [1.165, 1.54) is 23.5 Å². The van der Waals surface area contributed by atoms with Gasteiger partial charge in [0.2, 0.25) is 0 Å². The van der Waals surface area contributed by atoms with Crippen molar-refractivity contribution in [3.63, 3.8) is 0 Å². The van der Waals surface area contributed by atoms with E-state index in [9.17, 15) is 19.1 Å². The molecule has 0 amide bonds. The van der Waals surface area contributed by atoms with E-state index in [0.717, 1.165) is 0 Å². The molecule has 0 saturated carbocycles. The highest BCUT2D eigenvalue weighted by atomic mass is 32.1. The summed E-state index contributed by atoms with van der Waals surface area (Å²) in [6.07, 6.45) is 1.60. The number of likely N-dealkylation sites (tertiary alicyclic amines) is 2. The van der Waals surface area contributed by atoms with Crippen LogP contribution in [0.2, 0.25) is 0 Å². The minimum Gasteiger partial charge on any atom is -0.481 e. The molecule has 5 rings (SSSR count). The molecule has 2 fully saturated rings. The second-order valence-corrected chi connectivity index (χ2v) is 11.6. The van der Waals surface area contributed by atoms with Crippen LogP contribution >= 0.6 is 11.3 Å². The number of nitrogens with one attached hydrogen (secondary N) is 1. The number of carboxylic acid groups (broad SMARTS) is 1. The highest BCUT2D eigenvalue weighted by Gasteiger charge is 2.58. The number of halogens is 3. The number of fused-ring (bicyclic) bond motifs is 1. The summed E-state index contributed by atoms with van der Waals surface area (Å²) in [5, 5.41) is 14.8. The molecule has 1 aromatic carbocycles. The van der Waals surface area contributed by atoms with Crippen LogP contribution in [0.5, 0.6) is 0 Å². The summed E-state index contributed by atoms with van der Waals surface area (Å²) < 4.78 is 50.7. The van der Waals surface area contributed by atoms with Crippen LogP contribution in [0.25, 0.3) is 0 Å². The third-order valence-electron chi connectivity index (χ3n) is 7.97. The van der Waals surface area contributed by atoms with Crippen molar-refractivity contribution in [1.29, 1.82) is 0 Å². The fourth-order valence-corrected chi connectivity index (χ4v) is 6.50. The Balaban J connectivity index is 1.54. The molecule has 9 nitrogen and oxygen atoms in total. The van der Waals surface area contributed by atoms with Crippen molar-refractivity contribution in [2.75, 3.05) is 39.3 Å². The van der Waals surface area contributed by atoms with Crippen molar-refractivity contribution >= 4 is 29.1 Å². The van der Waals surface area contributed by atoms with Gasteiger partial charge in [-0.2, -0.15) is 0 Å². The van der Waals surface area contributed by atoms with Gasteiger partial charge in [0.15, 0.2) is 10.8 Å². The van der Waals surface area contributed by atoms with Gasteiger partial charge < -0.3 is 20.1 Å². The molecule has 0 unspecified atom stereocenters. The van der Waals surface area contributed by atoms with Crippen LogP contribution in [0.1, 0.15) is 36.0 Å². The van der Waals surface area contributed by atoms with Gasteiger partial charge in [-0.25, -0.2) is 22.9 Å². The number of esters is 1. The first-order valence-corrected chi connectivity index (χ1v) is 14.3. The second kappa shape index (κ2) is 11.5. The van der Waals surface area contributed by atoms with Gasteiger partial charge in [-0.05, 0) is 31.0 Å². The van der Waals surface area contributed by atoms with E-state index in [1.807, 2.05) is 0 Å². The second-order valence-electron chi connectivity index (χ2n) is 10.7. The fraction of sp³-hybridized carbons (Fsp3) is 0.500. The number of carbonyl (C=O) groups excluding carboxylic acids is 1. The quantitative estimate of drug-likeness (QED) is 0.427. The van der Waals surface area contributed by atoms with E-state index < -0.39 is 54.1 Å². The lowest BCUT2D eigenvalue weighted by Gasteiger charge is -2.32. The van der Waals surface area contributed by atoms with E-state index in [0.29, 0.717) is 27.7 Å². The Morgan fingerprint density at radius 3 is 2.78 bits per heavy atom. The Bertz CT molecular complexity index is 1380. The van der Waals surface area contributed by atoms with Crippen molar-refractivity contribution < 1.29 is 32.6 Å². The van der Waals surface area contributed by atoms with Crippen molar-refractivity contribution in [3.8, 4) is 0 Å². The predicted octanol–water partition coefficient (Wildman–Crippen LogP) is 3.47. The molecule has 4 atom stereocenters. The minimum absolute atomic E-state index is 0.0392. The molecule has 1 aromatic heterocycles. The van der Waals surface area contributed by atoms with Crippen LogP contribution in [-0.2, 0) is 14.3 Å². The zero-order valence-corrected chi connectivity index (χ0v) is 23.8. The third-order valence-corrected chi connectivity index (χ3v) is 8.75. The number of aliphatic imine (C=N–C) groups is 1. The number of carboxylic acids is 1. The molecule has 3 aliphatic heterocycles. The number of carbonyl (C=O) groups is 2. The van der Waals surface area contributed by atoms with E-state index >= 15 is 8.78 Å². The molecule has 0 spiro atoms. The lowest BCUT2D eigenvalue weighted by atomic mass is 9.92. The largest absolute Gasteiger partial charge is 0.481 e. The van der Waals surface area contributed by atoms with Gasteiger partial charge in [0.25, 0.3) is 5.92 Å². The van der Waals surface area contributed by atoms with Crippen molar-refractivity contribution in [2.45, 2.75) is 38.8 Å². The number of nitrogens with zero attached hydrogens (tertiary/aromatic N) is 4. The first kappa shape index (κ1) is 29.2. The zero-order valence-electron chi connectivity index (χ0n) is 22.9. The number of benzene rings is 1. The number of ether oxygens (including phenoxy) is 1. The number of aromatic nitrogens is 1. The average molecular weight is 592 g/mol. The lowest BCUT2D eigenvalue weighted by Crippen LogP contribution is -2.43. The highest BCUT2D eigenvalue weighted by molar-refractivity contribution is 7.11. The Morgan fingerprint density at radius 1 is 1.32 bits per heavy atom. The first-order valence-electron chi connectivity index (χ1n) is 13.5. The molecule has 2 aromatic rings. The highest BCUT2D eigenvalue weighted by Crippen LogP contribution is 2.43. The van der Waals surface area contributed by atoms with E-state index in [2.05, 4.69) is 10.3 Å².